The fourth-order valence-electron chi connectivity index (χ4n) is 0.583. The Bertz CT molecular complexity index is 59.6. The molecule has 0 atom stereocenters. The summed E-state index contributed by atoms with van der Waals surface area (Å²) in [5.74, 6) is 0. The van der Waals surface area contributed by atoms with Crippen LogP contribution in [0.3, 0.4) is 0 Å². The zero-order valence-electron chi connectivity index (χ0n) is 6.10. The van der Waals surface area contributed by atoms with Crippen molar-refractivity contribution in [2.45, 2.75) is 26.2 Å². The number of hydrogen-bond donors (Lipinski definition) is 0. The van der Waals surface area contributed by atoms with E-state index in [-0.39, 0.29) is 0 Å². The molecular formula is C8H15O. The number of hydrogen-bond acceptors (Lipinski definition) is 1. The molecule has 53 valence electrons. The molecule has 1 nitrogen and oxygen atoms in total. The maximum absolute atomic E-state index is 4.91. The minimum absolute atomic E-state index is 0.781. The van der Waals surface area contributed by atoms with E-state index in [1.807, 2.05) is 0 Å². The Morgan fingerprint density at radius 3 is 2.78 bits per heavy atom. The van der Waals surface area contributed by atoms with Gasteiger partial charge in [-0.1, -0.05) is 26.3 Å². The van der Waals surface area contributed by atoms with Crippen molar-refractivity contribution in [3.8, 4) is 0 Å². The van der Waals surface area contributed by atoms with Gasteiger partial charge in [-0.3, -0.25) is 0 Å². The summed E-state index contributed by atoms with van der Waals surface area (Å²) in [6.45, 7) is 6.40. The van der Waals surface area contributed by atoms with Crippen LogP contribution >= 0.6 is 0 Å². The van der Waals surface area contributed by atoms with E-state index >= 15 is 0 Å². The van der Waals surface area contributed by atoms with Crippen LogP contribution in [0.15, 0.2) is 12.8 Å². The third-order valence-electron chi connectivity index (χ3n) is 1.05. The lowest BCUT2D eigenvalue weighted by Crippen LogP contribution is -1.86. The molecule has 0 spiro atoms. The van der Waals surface area contributed by atoms with E-state index in [9.17, 15) is 0 Å². The van der Waals surface area contributed by atoms with Gasteiger partial charge in [0.25, 0.3) is 0 Å². The Labute approximate surface area is 57.7 Å². The summed E-state index contributed by atoms with van der Waals surface area (Å²) in [6, 6.07) is 0. The highest BCUT2D eigenvalue weighted by Crippen LogP contribution is 1.96. The average molecular weight is 127 g/mol. The minimum Gasteiger partial charge on any atom is -0.502 e. The van der Waals surface area contributed by atoms with Crippen molar-refractivity contribution in [1.82, 2.24) is 0 Å². The van der Waals surface area contributed by atoms with Gasteiger partial charge in [0.05, 0.1) is 12.9 Å². The fraction of sp³-hybridized carbons (Fsp3) is 0.625. The summed E-state index contributed by atoms with van der Waals surface area (Å²) in [6.07, 6.45) is 7.19. The SMILES string of the molecule is C=COCC[CH]CCC. The molecule has 0 saturated carbocycles. The average Bonchev–Trinajstić information content (AvgIpc) is 1.89. The van der Waals surface area contributed by atoms with Gasteiger partial charge < -0.3 is 4.74 Å². The Hall–Kier alpha value is -0.460. The lowest BCUT2D eigenvalue weighted by atomic mass is 10.2. The molecule has 0 aliphatic rings. The van der Waals surface area contributed by atoms with E-state index in [1.165, 1.54) is 19.1 Å². The standard InChI is InChI=1S/C8H15O/c1-3-5-6-7-8-9-4-2/h4,6H,2-3,5,7-8H2,1H3. The van der Waals surface area contributed by atoms with Gasteiger partial charge in [-0.05, 0) is 12.8 Å². The Morgan fingerprint density at radius 2 is 2.22 bits per heavy atom. The molecule has 1 heteroatoms. The summed E-state index contributed by atoms with van der Waals surface area (Å²) in [5, 5.41) is 0. The Balaban J connectivity index is 2.66. The zero-order valence-corrected chi connectivity index (χ0v) is 6.10. The normalized spacial score (nSPS) is 9.00. The molecule has 0 bridgehead atoms. The maximum atomic E-state index is 4.91. The van der Waals surface area contributed by atoms with E-state index in [1.54, 1.807) is 0 Å². The van der Waals surface area contributed by atoms with Crippen LogP contribution in [0.1, 0.15) is 26.2 Å². The molecule has 0 fully saturated rings. The summed E-state index contributed by atoms with van der Waals surface area (Å²) in [5.41, 5.74) is 0. The highest BCUT2D eigenvalue weighted by Gasteiger charge is 1.84. The summed E-state index contributed by atoms with van der Waals surface area (Å²) >= 11 is 0. The first-order valence-corrected chi connectivity index (χ1v) is 3.46. The lowest BCUT2D eigenvalue weighted by Gasteiger charge is -1.97. The van der Waals surface area contributed by atoms with Crippen molar-refractivity contribution in [3.05, 3.63) is 19.3 Å². The molecule has 0 amide bonds. The van der Waals surface area contributed by atoms with Gasteiger partial charge in [0, 0.05) is 0 Å². The molecule has 0 aliphatic carbocycles. The molecule has 0 saturated heterocycles. The molecule has 0 unspecified atom stereocenters. The molecule has 0 aromatic heterocycles. The summed E-state index contributed by atoms with van der Waals surface area (Å²) in [7, 11) is 0. The Kier molecular flexibility index (Phi) is 7.15. The molecule has 1 radical (unpaired) electrons. The molecular weight excluding hydrogens is 112 g/mol. The van der Waals surface area contributed by atoms with Gasteiger partial charge in [-0.15, -0.1) is 0 Å². The van der Waals surface area contributed by atoms with Gasteiger partial charge in [0.15, 0.2) is 0 Å². The third kappa shape index (κ3) is 7.54. The first-order chi connectivity index (χ1) is 4.41. The predicted octanol–water partition coefficient (Wildman–Crippen LogP) is 2.54. The molecule has 0 N–H and O–H groups in total. The summed E-state index contributed by atoms with van der Waals surface area (Å²) in [4.78, 5) is 0. The second-order valence-electron chi connectivity index (χ2n) is 1.90. The van der Waals surface area contributed by atoms with Crippen molar-refractivity contribution in [2.75, 3.05) is 6.61 Å². The van der Waals surface area contributed by atoms with E-state index in [0.29, 0.717) is 0 Å². The first-order valence-electron chi connectivity index (χ1n) is 3.46. The molecule has 0 rings (SSSR count). The van der Waals surface area contributed by atoms with E-state index in [4.69, 9.17) is 4.74 Å². The highest BCUT2D eigenvalue weighted by atomic mass is 16.5. The van der Waals surface area contributed by atoms with Gasteiger partial charge in [0.2, 0.25) is 0 Å². The van der Waals surface area contributed by atoms with Crippen LogP contribution in [-0.4, -0.2) is 6.61 Å². The molecule has 0 aromatic carbocycles. The van der Waals surface area contributed by atoms with Gasteiger partial charge >= 0.3 is 0 Å². The van der Waals surface area contributed by atoms with Crippen LogP contribution in [0.5, 0.6) is 0 Å². The lowest BCUT2D eigenvalue weighted by molar-refractivity contribution is 0.253. The van der Waals surface area contributed by atoms with Gasteiger partial charge in [0.1, 0.15) is 0 Å². The smallest absolute Gasteiger partial charge is 0.0875 e. The van der Waals surface area contributed by atoms with Crippen LogP contribution in [0.2, 0.25) is 0 Å². The van der Waals surface area contributed by atoms with Crippen LogP contribution in [-0.2, 0) is 4.74 Å². The van der Waals surface area contributed by atoms with E-state index in [2.05, 4.69) is 19.9 Å². The van der Waals surface area contributed by atoms with Crippen molar-refractivity contribution >= 4 is 0 Å². The van der Waals surface area contributed by atoms with E-state index < -0.39 is 0 Å². The van der Waals surface area contributed by atoms with Gasteiger partial charge in [-0.2, -0.15) is 0 Å². The number of rotatable bonds is 6. The summed E-state index contributed by atoms with van der Waals surface area (Å²) < 4.78 is 4.91. The van der Waals surface area contributed by atoms with Crippen LogP contribution in [0.4, 0.5) is 0 Å². The van der Waals surface area contributed by atoms with Crippen molar-refractivity contribution in [1.29, 1.82) is 0 Å². The Morgan fingerprint density at radius 1 is 1.44 bits per heavy atom. The number of ether oxygens (including phenoxy) is 1. The van der Waals surface area contributed by atoms with Crippen LogP contribution in [0.25, 0.3) is 0 Å². The minimum atomic E-state index is 0.781. The quantitative estimate of drug-likeness (QED) is 0.393. The first kappa shape index (κ1) is 8.54. The topological polar surface area (TPSA) is 9.23 Å². The van der Waals surface area contributed by atoms with Crippen LogP contribution < -0.4 is 0 Å². The van der Waals surface area contributed by atoms with Crippen molar-refractivity contribution in [2.24, 2.45) is 0 Å². The van der Waals surface area contributed by atoms with Crippen molar-refractivity contribution in [3.63, 3.8) is 0 Å². The zero-order chi connectivity index (χ0) is 6.95. The van der Waals surface area contributed by atoms with E-state index in [0.717, 1.165) is 13.0 Å². The number of unbranched alkanes of at least 4 members (excludes halogenated alkanes) is 3. The second-order valence-corrected chi connectivity index (χ2v) is 1.90. The highest BCUT2D eigenvalue weighted by molar-refractivity contribution is 4.63. The molecule has 9 heavy (non-hydrogen) atoms. The van der Waals surface area contributed by atoms with Crippen molar-refractivity contribution < 1.29 is 4.74 Å². The molecule has 0 aliphatic heterocycles. The molecule has 0 heterocycles. The van der Waals surface area contributed by atoms with Gasteiger partial charge in [-0.25, -0.2) is 0 Å². The maximum Gasteiger partial charge on any atom is 0.0875 e. The monoisotopic (exact) mass is 127 g/mol. The fourth-order valence-corrected chi connectivity index (χ4v) is 0.583. The largest absolute Gasteiger partial charge is 0.502 e. The van der Waals surface area contributed by atoms with Crippen LogP contribution in [0, 0.1) is 6.42 Å². The predicted molar refractivity (Wildman–Crippen MR) is 40.0 cm³/mol. The third-order valence-corrected chi connectivity index (χ3v) is 1.05. The second kappa shape index (κ2) is 7.54. The molecule has 0 aromatic rings.